The molecule has 2 aliphatic rings. The summed E-state index contributed by atoms with van der Waals surface area (Å²) >= 11 is 3.39. The highest BCUT2D eigenvalue weighted by atomic mass is 79.9. The lowest BCUT2D eigenvalue weighted by molar-refractivity contribution is 0.128. The number of ether oxygens (including phenoxy) is 1. The van der Waals surface area contributed by atoms with Crippen molar-refractivity contribution >= 4 is 15.9 Å². The quantitative estimate of drug-likeness (QED) is 0.768. The molecule has 2 fully saturated rings. The van der Waals surface area contributed by atoms with Crippen LogP contribution in [0.1, 0.15) is 12.8 Å². The van der Waals surface area contributed by atoms with E-state index in [4.69, 9.17) is 4.74 Å². The number of hydrogen-bond donors (Lipinski definition) is 0. The molecule has 0 saturated heterocycles. The molecule has 0 aromatic carbocycles. The molecule has 1 aromatic rings. The second-order valence-electron chi connectivity index (χ2n) is 3.69. The lowest BCUT2D eigenvalue weighted by atomic mass is 10.3. The van der Waals surface area contributed by atoms with Crippen molar-refractivity contribution in [1.82, 2.24) is 9.78 Å². The Morgan fingerprint density at radius 3 is 2.83 bits per heavy atom. The molecular formula is C8H9BrN2O. The standard InChI is InChI=1S/C8H9BrN2O/c1-12-8-4-7(8,5-8)11-3-6(9)2-10-11/h2-3H,4-5H2,1H3. The van der Waals surface area contributed by atoms with E-state index >= 15 is 0 Å². The van der Waals surface area contributed by atoms with Crippen LogP contribution in [-0.4, -0.2) is 22.5 Å². The normalized spacial score (nSPS) is 42.5. The first-order valence-electron chi connectivity index (χ1n) is 3.98. The molecule has 3 nitrogen and oxygen atoms in total. The Kier molecular flexibility index (Phi) is 1.05. The SMILES string of the molecule is COC12CC1(n1cc(Br)cn1)C2. The van der Waals surface area contributed by atoms with Gasteiger partial charge in [-0.15, -0.1) is 0 Å². The number of rotatable bonds is 2. The van der Waals surface area contributed by atoms with Gasteiger partial charge < -0.3 is 4.74 Å². The van der Waals surface area contributed by atoms with Crippen LogP contribution in [0.15, 0.2) is 16.9 Å². The molecule has 0 atom stereocenters. The number of nitrogens with zero attached hydrogens (tertiary/aromatic N) is 2. The second kappa shape index (κ2) is 1.77. The van der Waals surface area contributed by atoms with Gasteiger partial charge in [0.25, 0.3) is 0 Å². The molecule has 2 aliphatic carbocycles. The molecule has 1 heterocycles. The van der Waals surface area contributed by atoms with Gasteiger partial charge in [0.1, 0.15) is 0 Å². The van der Waals surface area contributed by atoms with Crippen molar-refractivity contribution in [1.29, 1.82) is 0 Å². The highest BCUT2D eigenvalue weighted by Crippen LogP contribution is 2.77. The Hall–Kier alpha value is -0.350. The highest BCUT2D eigenvalue weighted by molar-refractivity contribution is 9.10. The Bertz CT molecular complexity index is 341. The first-order chi connectivity index (χ1) is 5.72. The van der Waals surface area contributed by atoms with Gasteiger partial charge in [0.2, 0.25) is 0 Å². The minimum Gasteiger partial charge on any atom is -0.376 e. The zero-order valence-electron chi connectivity index (χ0n) is 6.75. The summed E-state index contributed by atoms with van der Waals surface area (Å²) in [6.45, 7) is 0. The van der Waals surface area contributed by atoms with E-state index in [0.717, 1.165) is 17.3 Å². The van der Waals surface area contributed by atoms with Crippen LogP contribution in [0.2, 0.25) is 0 Å². The van der Waals surface area contributed by atoms with Crippen molar-refractivity contribution < 1.29 is 4.74 Å². The molecule has 0 bridgehead atoms. The van der Waals surface area contributed by atoms with E-state index in [-0.39, 0.29) is 11.1 Å². The largest absolute Gasteiger partial charge is 0.376 e. The zero-order valence-corrected chi connectivity index (χ0v) is 8.34. The number of fused-ring (bicyclic) bond motifs is 1. The molecule has 0 unspecified atom stereocenters. The minimum atomic E-state index is 0.151. The first-order valence-corrected chi connectivity index (χ1v) is 4.78. The Balaban J connectivity index is 1.95. The van der Waals surface area contributed by atoms with E-state index in [0.29, 0.717) is 0 Å². The summed E-state index contributed by atoms with van der Waals surface area (Å²) in [5, 5.41) is 4.27. The second-order valence-corrected chi connectivity index (χ2v) is 4.60. The summed E-state index contributed by atoms with van der Waals surface area (Å²) in [6.07, 6.45) is 6.11. The van der Waals surface area contributed by atoms with Gasteiger partial charge in [-0.05, 0) is 15.9 Å². The molecule has 0 amide bonds. The van der Waals surface area contributed by atoms with Crippen molar-refractivity contribution in [2.75, 3.05) is 7.11 Å². The minimum absolute atomic E-state index is 0.151. The molecule has 12 heavy (non-hydrogen) atoms. The molecule has 0 aliphatic heterocycles. The van der Waals surface area contributed by atoms with Crippen LogP contribution < -0.4 is 0 Å². The van der Waals surface area contributed by atoms with Gasteiger partial charge in [-0.2, -0.15) is 5.10 Å². The molecule has 0 radical (unpaired) electrons. The van der Waals surface area contributed by atoms with E-state index in [1.807, 2.05) is 17.1 Å². The van der Waals surface area contributed by atoms with E-state index in [9.17, 15) is 0 Å². The number of methoxy groups -OCH3 is 1. The molecule has 0 N–H and O–H groups in total. The fourth-order valence-corrected chi connectivity index (χ4v) is 2.33. The van der Waals surface area contributed by atoms with Crippen LogP contribution in [0.3, 0.4) is 0 Å². The van der Waals surface area contributed by atoms with Crippen molar-refractivity contribution in [3.8, 4) is 0 Å². The summed E-state index contributed by atoms with van der Waals surface area (Å²) in [5.74, 6) is 0. The summed E-state index contributed by atoms with van der Waals surface area (Å²) in [6, 6.07) is 0. The molecule has 64 valence electrons. The van der Waals surface area contributed by atoms with Gasteiger partial charge >= 0.3 is 0 Å². The lowest BCUT2D eigenvalue weighted by Gasteiger charge is -1.99. The van der Waals surface area contributed by atoms with Crippen molar-refractivity contribution in [3.05, 3.63) is 16.9 Å². The Morgan fingerprint density at radius 1 is 1.67 bits per heavy atom. The van der Waals surface area contributed by atoms with Crippen LogP contribution in [0, 0.1) is 0 Å². The van der Waals surface area contributed by atoms with E-state index in [1.54, 1.807) is 7.11 Å². The van der Waals surface area contributed by atoms with Crippen LogP contribution in [0.4, 0.5) is 0 Å². The fraction of sp³-hybridized carbons (Fsp3) is 0.625. The third-order valence-electron chi connectivity index (χ3n) is 3.13. The maximum Gasteiger partial charge on any atom is 0.0980 e. The number of hydrogen-bond acceptors (Lipinski definition) is 2. The molecule has 1 aromatic heterocycles. The van der Waals surface area contributed by atoms with Crippen LogP contribution in [-0.2, 0) is 10.3 Å². The topological polar surface area (TPSA) is 27.1 Å². The molecule has 4 heteroatoms. The lowest BCUT2D eigenvalue weighted by Crippen LogP contribution is -2.07. The summed E-state index contributed by atoms with van der Waals surface area (Å²) in [5.41, 5.74) is 0.381. The Labute approximate surface area is 78.8 Å². The van der Waals surface area contributed by atoms with E-state index in [1.165, 1.54) is 0 Å². The maximum absolute atomic E-state index is 5.41. The van der Waals surface area contributed by atoms with Gasteiger partial charge in [-0.1, -0.05) is 0 Å². The van der Waals surface area contributed by atoms with Crippen LogP contribution >= 0.6 is 15.9 Å². The Morgan fingerprint density at radius 2 is 2.42 bits per heavy atom. The summed E-state index contributed by atoms with van der Waals surface area (Å²) in [7, 11) is 1.79. The van der Waals surface area contributed by atoms with Gasteiger partial charge in [0.05, 0.1) is 21.8 Å². The number of aromatic nitrogens is 2. The molecular weight excluding hydrogens is 220 g/mol. The monoisotopic (exact) mass is 228 g/mol. The average Bonchev–Trinajstić information content (AvgIpc) is 2.78. The van der Waals surface area contributed by atoms with E-state index in [2.05, 4.69) is 21.0 Å². The summed E-state index contributed by atoms with van der Waals surface area (Å²) < 4.78 is 8.48. The zero-order chi connectivity index (χ0) is 8.40. The maximum atomic E-state index is 5.41. The predicted molar refractivity (Wildman–Crippen MR) is 46.9 cm³/mol. The van der Waals surface area contributed by atoms with Crippen LogP contribution in [0.5, 0.6) is 0 Å². The molecule has 0 spiro atoms. The van der Waals surface area contributed by atoms with Crippen molar-refractivity contribution in [3.63, 3.8) is 0 Å². The fourth-order valence-electron chi connectivity index (χ4n) is 2.04. The van der Waals surface area contributed by atoms with Gasteiger partial charge in [-0.3, -0.25) is 4.68 Å². The van der Waals surface area contributed by atoms with Gasteiger partial charge in [-0.25, -0.2) is 0 Å². The first kappa shape index (κ1) is 7.09. The highest BCUT2D eigenvalue weighted by Gasteiger charge is 2.87. The predicted octanol–water partition coefficient (Wildman–Crippen LogP) is 1.53. The molecule has 2 saturated carbocycles. The van der Waals surface area contributed by atoms with Crippen LogP contribution in [0.25, 0.3) is 0 Å². The summed E-state index contributed by atoms with van der Waals surface area (Å²) in [4.78, 5) is 0. The third-order valence-corrected chi connectivity index (χ3v) is 3.54. The van der Waals surface area contributed by atoms with Gasteiger partial charge in [0, 0.05) is 26.1 Å². The third kappa shape index (κ3) is 0.601. The van der Waals surface area contributed by atoms with Crippen molar-refractivity contribution in [2.45, 2.75) is 24.0 Å². The van der Waals surface area contributed by atoms with Crippen molar-refractivity contribution in [2.24, 2.45) is 0 Å². The molecule has 3 rings (SSSR count). The van der Waals surface area contributed by atoms with E-state index < -0.39 is 0 Å². The average molecular weight is 229 g/mol. The number of halogens is 1. The smallest absolute Gasteiger partial charge is 0.0980 e. The van der Waals surface area contributed by atoms with Gasteiger partial charge in [0.15, 0.2) is 0 Å².